The van der Waals surface area contributed by atoms with E-state index in [9.17, 15) is 0 Å². The monoisotopic (exact) mass is 292 g/mol. The van der Waals surface area contributed by atoms with Gasteiger partial charge in [-0.2, -0.15) is 0 Å². The molecule has 0 saturated heterocycles. The zero-order valence-electron chi connectivity index (χ0n) is 2.36. The topological polar surface area (TPSA) is 23.8 Å². The van der Waals surface area contributed by atoms with Gasteiger partial charge in [0.05, 0.1) is 0 Å². The first-order valence-electron chi connectivity index (χ1n) is 0.577. The first-order valence-corrected chi connectivity index (χ1v) is 2.06. The Labute approximate surface area is 55.6 Å². The summed E-state index contributed by atoms with van der Waals surface area (Å²) in [4.78, 5) is 0. The molecule has 0 N–H and O–H groups in total. The summed E-state index contributed by atoms with van der Waals surface area (Å²) in [5, 5.41) is 7.38. The van der Waals surface area contributed by atoms with Crippen LogP contribution in [0, 0.1) is 9.93 Å². The minimum atomic E-state index is 0. The number of nitrogens with zero attached hydrogens (tertiary/aromatic N) is 1. The van der Waals surface area contributed by atoms with Crippen molar-refractivity contribution in [3.05, 3.63) is 0 Å². The van der Waals surface area contributed by atoms with Crippen LogP contribution in [0.5, 0.6) is 0 Å². The van der Waals surface area contributed by atoms with Crippen molar-refractivity contribution in [3.8, 4) is 4.66 Å². The molecule has 0 rings (SSSR count). The predicted molar refractivity (Wildman–Crippen MR) is 5.61 cm³/mol. The van der Waals surface area contributed by atoms with Gasteiger partial charge in [-0.25, -0.2) is 0 Å². The van der Waals surface area contributed by atoms with Gasteiger partial charge in [-0.3, -0.25) is 0 Å². The molecular formula is CHgNZn. The molecule has 0 spiro atoms. The second-order valence-electron chi connectivity index (χ2n) is 0.158. The van der Waals surface area contributed by atoms with Gasteiger partial charge >= 0.3 is 28.2 Å². The summed E-state index contributed by atoms with van der Waals surface area (Å²) in [6.45, 7) is 0. The molecule has 0 aromatic heterocycles. The third-order valence-corrected chi connectivity index (χ3v) is 0. The number of hydrogen-bond acceptors (Lipinski definition) is 1. The molecule has 0 fully saturated rings. The Hall–Kier alpha value is 1.05. The van der Waals surface area contributed by atoms with E-state index in [0.29, 0.717) is 0 Å². The molecule has 3 heteroatoms. The van der Waals surface area contributed by atoms with E-state index in [4.69, 9.17) is 5.26 Å². The molecule has 0 aliphatic rings. The molecule has 0 saturated carbocycles. The molecular weight excluding hydrogens is 292 g/mol. The Morgan fingerprint density at radius 1 is 1.75 bits per heavy atom. The van der Waals surface area contributed by atoms with Crippen LogP contribution >= 0.6 is 0 Å². The van der Waals surface area contributed by atoms with Crippen LogP contribution < -0.4 is 0 Å². The van der Waals surface area contributed by atoms with E-state index >= 15 is 0 Å². The summed E-state index contributed by atoms with van der Waals surface area (Å²) in [6.07, 6.45) is 0. The molecule has 0 aromatic carbocycles. The van der Waals surface area contributed by atoms with E-state index < -0.39 is 0 Å². The molecule has 0 aliphatic carbocycles. The van der Waals surface area contributed by atoms with Gasteiger partial charge in [0.2, 0.25) is 0 Å². The molecule has 0 amide bonds. The molecule has 0 aromatic rings. The fraction of sp³-hybridized carbons (Fsp3) is 0. The van der Waals surface area contributed by atoms with Crippen molar-refractivity contribution in [1.29, 1.82) is 5.26 Å². The first kappa shape index (κ1) is 8.90. The van der Waals surface area contributed by atoms with Crippen molar-refractivity contribution < 1.29 is 46.0 Å². The third kappa shape index (κ3) is 11.6. The van der Waals surface area contributed by atoms with Gasteiger partial charge in [-0.1, -0.05) is 0 Å². The van der Waals surface area contributed by atoms with Crippen LogP contribution in [0.15, 0.2) is 0 Å². The maximum atomic E-state index is 7.38. The summed E-state index contributed by atoms with van der Waals surface area (Å²) in [5.41, 5.74) is 0. The van der Waals surface area contributed by atoms with Gasteiger partial charge in [0.15, 0.2) is 0 Å². The SMILES string of the molecule is N#[C][Zn].[Hg]. The molecule has 0 aliphatic heterocycles. The maximum absolute atomic E-state index is 7.38. The first-order chi connectivity index (χ1) is 1.41. The molecule has 0 atom stereocenters. The van der Waals surface area contributed by atoms with Gasteiger partial charge in [0, 0.05) is 27.7 Å². The van der Waals surface area contributed by atoms with Gasteiger partial charge in [0.1, 0.15) is 0 Å². The summed E-state index contributed by atoms with van der Waals surface area (Å²) < 4.78 is 1.88. The van der Waals surface area contributed by atoms with E-state index in [1.165, 1.54) is 0 Å². The van der Waals surface area contributed by atoms with Gasteiger partial charge < -0.3 is 0 Å². The molecule has 0 unspecified atom stereocenters. The van der Waals surface area contributed by atoms with Crippen LogP contribution in [0.3, 0.4) is 0 Å². The summed E-state index contributed by atoms with van der Waals surface area (Å²) in [6, 6.07) is 0. The van der Waals surface area contributed by atoms with Crippen LogP contribution in [0.2, 0.25) is 0 Å². The van der Waals surface area contributed by atoms with E-state index in [1.807, 2.05) is 4.66 Å². The largest absolute Gasteiger partial charge is 0 e. The van der Waals surface area contributed by atoms with Crippen LogP contribution in [-0.4, -0.2) is 0 Å². The fourth-order valence-electron chi connectivity index (χ4n) is 0. The Balaban J connectivity index is 0. The average molecular weight is 292 g/mol. The van der Waals surface area contributed by atoms with Crippen LogP contribution in [0.4, 0.5) is 0 Å². The van der Waals surface area contributed by atoms with Gasteiger partial charge in [-0.15, -0.1) is 0 Å². The van der Waals surface area contributed by atoms with Crippen molar-refractivity contribution in [2.75, 3.05) is 0 Å². The third-order valence-electron chi connectivity index (χ3n) is 0. The Morgan fingerprint density at radius 2 is 1.75 bits per heavy atom. The molecule has 0 bridgehead atoms. The van der Waals surface area contributed by atoms with Gasteiger partial charge in [-0.05, 0) is 0 Å². The van der Waals surface area contributed by atoms with E-state index in [0.717, 1.165) is 18.3 Å². The standard InChI is InChI=1S/CN.Hg.Zn/c1-2;;. The van der Waals surface area contributed by atoms with Crippen molar-refractivity contribution in [3.63, 3.8) is 0 Å². The van der Waals surface area contributed by atoms with Crippen LogP contribution in [0.1, 0.15) is 0 Å². The zero-order valence-corrected chi connectivity index (χ0v) is 10.8. The smallest absolute Gasteiger partial charge is 0 e. The molecule has 1 nitrogen and oxygen atoms in total. The predicted octanol–water partition coefficient (Wildman–Crippen LogP) is 0.0118. The van der Waals surface area contributed by atoms with E-state index in [-0.39, 0.29) is 27.7 Å². The molecule has 0 radical (unpaired) electrons. The second-order valence-corrected chi connectivity index (χ2v) is 0.822. The maximum Gasteiger partial charge on any atom is 0 e. The Kier molecular flexibility index (Phi) is 20.0. The van der Waals surface area contributed by atoms with Gasteiger partial charge in [0.25, 0.3) is 0 Å². The Morgan fingerprint density at radius 3 is 1.75 bits per heavy atom. The minimum absolute atomic E-state index is 0. The minimum Gasteiger partial charge on any atom is 0 e. The molecule has 4 heavy (non-hydrogen) atoms. The number of hydrogen-bond donors (Lipinski definition) is 0. The van der Waals surface area contributed by atoms with Crippen molar-refractivity contribution >= 4 is 0 Å². The quantitative estimate of drug-likeness (QED) is 0.577. The molecule has 0 heterocycles. The fourth-order valence-corrected chi connectivity index (χ4v) is 0. The van der Waals surface area contributed by atoms with Crippen LogP contribution in [0.25, 0.3) is 0 Å². The van der Waals surface area contributed by atoms with Crippen molar-refractivity contribution in [2.24, 2.45) is 0 Å². The van der Waals surface area contributed by atoms with E-state index in [2.05, 4.69) is 0 Å². The number of rotatable bonds is 0. The van der Waals surface area contributed by atoms with Crippen molar-refractivity contribution in [2.45, 2.75) is 0 Å². The van der Waals surface area contributed by atoms with Crippen molar-refractivity contribution in [1.82, 2.24) is 0 Å². The van der Waals surface area contributed by atoms with E-state index in [1.54, 1.807) is 0 Å². The zero-order chi connectivity index (χ0) is 2.71. The summed E-state index contributed by atoms with van der Waals surface area (Å²) >= 11 is 0.750. The van der Waals surface area contributed by atoms with Crippen LogP contribution in [-0.2, 0) is 46.0 Å². The Bertz CT molecular complexity index is 29.5. The second kappa shape index (κ2) is 8.97. The average Bonchev–Trinajstić information content (AvgIpc) is 0.918. The normalized spacial score (nSPS) is 2.25. The summed E-state index contributed by atoms with van der Waals surface area (Å²) in [7, 11) is 0. The molecule has 13 valence electrons. The summed E-state index contributed by atoms with van der Waals surface area (Å²) in [5.74, 6) is 0. The number of nitriles is 1.